The molecule has 0 N–H and O–H groups in total. The Balaban J connectivity index is 1.22. The van der Waals surface area contributed by atoms with Crippen LogP contribution in [0.3, 0.4) is 0 Å². The fraction of sp³-hybridized carbons (Fsp3) is 0.217. The van der Waals surface area contributed by atoms with E-state index < -0.39 is 24.0 Å². The second-order valence-electron chi connectivity index (χ2n) is 13.7. The molecule has 4 aromatic rings. The standard InChI is InChI=1S/C46H42O6/c1-29(2)49-39-21-13-11-19-35(39)43-27-31(25-41(51-43)33-15-7-5-8-16-33)23-37-45(47)38(46(37)48)24-32-26-42(34-17-9-6-10-18-34)52-44(28-32)36-20-12-14-22-40(36)50-30(3)4/h5-30,37-38,45-46H,1-4H3/q-2/b31-23+,32-24+. The minimum Gasteiger partial charge on any atom is -0.851 e. The first-order valence-electron chi connectivity index (χ1n) is 17.8. The van der Waals surface area contributed by atoms with Crippen LogP contribution in [0.25, 0.3) is 23.0 Å². The minimum absolute atomic E-state index is 0.0312. The Morgan fingerprint density at radius 2 is 0.827 bits per heavy atom. The summed E-state index contributed by atoms with van der Waals surface area (Å²) in [6.07, 6.45) is 8.89. The molecule has 0 bridgehead atoms. The Kier molecular flexibility index (Phi) is 10.3. The van der Waals surface area contributed by atoms with Gasteiger partial charge in [0.25, 0.3) is 0 Å². The average Bonchev–Trinajstić information content (AvgIpc) is 3.16. The van der Waals surface area contributed by atoms with Gasteiger partial charge < -0.3 is 29.2 Å². The summed E-state index contributed by atoms with van der Waals surface area (Å²) in [6, 6.07) is 35.1. The van der Waals surface area contributed by atoms with Crippen LogP contribution in [0.15, 0.2) is 157 Å². The van der Waals surface area contributed by atoms with Gasteiger partial charge in [-0.15, -0.1) is 12.2 Å². The average molecular weight is 691 g/mol. The molecule has 0 spiro atoms. The van der Waals surface area contributed by atoms with E-state index in [2.05, 4.69) is 0 Å². The van der Waals surface area contributed by atoms with Crippen molar-refractivity contribution >= 4 is 23.0 Å². The van der Waals surface area contributed by atoms with Gasteiger partial charge in [0.05, 0.1) is 23.3 Å². The van der Waals surface area contributed by atoms with Gasteiger partial charge in [-0.3, -0.25) is 0 Å². The lowest BCUT2D eigenvalue weighted by Gasteiger charge is -2.59. The lowest BCUT2D eigenvalue weighted by Crippen LogP contribution is -2.65. The molecule has 0 saturated heterocycles. The van der Waals surface area contributed by atoms with Gasteiger partial charge in [0.15, 0.2) is 0 Å². The van der Waals surface area contributed by atoms with Gasteiger partial charge in [0.2, 0.25) is 0 Å². The SMILES string of the molecule is CC(C)Oc1ccccc1C1=C/C(=C/C2C([O-])C(/C=C3\C=C(c4ccccc4)OC(c4ccccc4OC(C)C)=C3)C2[O-])C=C(c2ccccc2)O1. The number of allylic oxidation sites excluding steroid dienone is 6. The molecule has 3 aliphatic rings. The van der Waals surface area contributed by atoms with E-state index >= 15 is 0 Å². The number of para-hydroxylation sites is 2. The molecule has 1 saturated carbocycles. The molecule has 6 heteroatoms. The highest BCUT2D eigenvalue weighted by Crippen LogP contribution is 2.42. The topological polar surface area (TPSA) is 83.0 Å². The zero-order valence-electron chi connectivity index (χ0n) is 29.8. The van der Waals surface area contributed by atoms with Gasteiger partial charge in [-0.05, 0) is 99.2 Å². The van der Waals surface area contributed by atoms with E-state index in [1.54, 1.807) is 0 Å². The van der Waals surface area contributed by atoms with E-state index in [9.17, 15) is 10.2 Å². The molecule has 2 heterocycles. The van der Waals surface area contributed by atoms with Crippen LogP contribution in [-0.4, -0.2) is 24.4 Å². The first-order chi connectivity index (χ1) is 25.2. The predicted molar refractivity (Wildman–Crippen MR) is 202 cm³/mol. The summed E-state index contributed by atoms with van der Waals surface area (Å²) >= 11 is 0. The van der Waals surface area contributed by atoms with Crippen LogP contribution >= 0.6 is 0 Å². The fourth-order valence-electron chi connectivity index (χ4n) is 6.61. The van der Waals surface area contributed by atoms with Gasteiger partial charge >= 0.3 is 0 Å². The van der Waals surface area contributed by atoms with E-state index in [-0.39, 0.29) is 12.2 Å². The summed E-state index contributed by atoms with van der Waals surface area (Å²) in [5.74, 6) is 2.40. The molecular weight excluding hydrogens is 649 g/mol. The Bertz CT molecular complexity index is 1920. The van der Waals surface area contributed by atoms with E-state index in [0.717, 1.165) is 33.4 Å². The molecule has 1 fully saturated rings. The quantitative estimate of drug-likeness (QED) is 0.166. The van der Waals surface area contributed by atoms with Gasteiger partial charge in [-0.1, -0.05) is 97.1 Å². The molecule has 264 valence electrons. The summed E-state index contributed by atoms with van der Waals surface area (Å²) in [5.41, 5.74) is 4.86. The highest BCUT2D eigenvalue weighted by atomic mass is 16.5. The third kappa shape index (κ3) is 7.69. The molecule has 6 nitrogen and oxygen atoms in total. The molecule has 0 amide bonds. The van der Waals surface area contributed by atoms with Crippen molar-refractivity contribution in [3.05, 3.63) is 179 Å². The molecule has 0 atom stereocenters. The van der Waals surface area contributed by atoms with Gasteiger partial charge in [0.1, 0.15) is 34.5 Å². The molecule has 1 aliphatic carbocycles. The molecule has 0 radical (unpaired) electrons. The van der Waals surface area contributed by atoms with Crippen molar-refractivity contribution in [3.8, 4) is 11.5 Å². The van der Waals surface area contributed by atoms with Crippen LogP contribution in [0.5, 0.6) is 11.5 Å². The Hall–Kier alpha value is -5.56. The number of hydrogen-bond acceptors (Lipinski definition) is 6. The summed E-state index contributed by atoms with van der Waals surface area (Å²) < 4.78 is 25.1. The third-order valence-corrected chi connectivity index (χ3v) is 9.07. The van der Waals surface area contributed by atoms with Crippen molar-refractivity contribution in [3.63, 3.8) is 0 Å². The van der Waals surface area contributed by atoms with Crippen LogP contribution in [0, 0.1) is 11.8 Å². The molecule has 2 aliphatic heterocycles. The van der Waals surface area contributed by atoms with Gasteiger partial charge in [-0.2, -0.15) is 0 Å². The maximum Gasteiger partial charge on any atom is 0.138 e. The van der Waals surface area contributed by atoms with Crippen molar-refractivity contribution in [1.82, 2.24) is 0 Å². The number of benzene rings is 4. The summed E-state index contributed by atoms with van der Waals surface area (Å²) in [6.45, 7) is 7.92. The zero-order chi connectivity index (χ0) is 36.2. The van der Waals surface area contributed by atoms with Crippen molar-refractivity contribution in [2.45, 2.75) is 52.1 Å². The van der Waals surface area contributed by atoms with E-state index in [4.69, 9.17) is 18.9 Å². The summed E-state index contributed by atoms with van der Waals surface area (Å²) in [5, 5.41) is 27.8. The Morgan fingerprint density at radius 3 is 1.21 bits per heavy atom. The van der Waals surface area contributed by atoms with Gasteiger partial charge in [-0.25, -0.2) is 0 Å². The highest BCUT2D eigenvalue weighted by Gasteiger charge is 2.35. The van der Waals surface area contributed by atoms with Gasteiger partial charge in [0, 0.05) is 11.1 Å². The third-order valence-electron chi connectivity index (χ3n) is 9.07. The Morgan fingerprint density at radius 1 is 0.481 bits per heavy atom. The van der Waals surface area contributed by atoms with E-state index in [1.807, 2.05) is 173 Å². The van der Waals surface area contributed by atoms with Crippen molar-refractivity contribution in [1.29, 1.82) is 0 Å². The minimum atomic E-state index is -1.13. The predicted octanol–water partition coefficient (Wildman–Crippen LogP) is 8.34. The smallest absolute Gasteiger partial charge is 0.138 e. The Labute approximate surface area is 306 Å². The second kappa shape index (κ2) is 15.4. The van der Waals surface area contributed by atoms with Crippen molar-refractivity contribution in [2.24, 2.45) is 11.8 Å². The number of rotatable bonds is 10. The lowest BCUT2D eigenvalue weighted by atomic mass is 9.67. The maximum absolute atomic E-state index is 13.9. The monoisotopic (exact) mass is 690 g/mol. The molecule has 0 unspecified atom stereocenters. The van der Waals surface area contributed by atoms with Crippen LogP contribution in [0.1, 0.15) is 49.9 Å². The summed E-state index contributed by atoms with van der Waals surface area (Å²) in [7, 11) is 0. The fourth-order valence-corrected chi connectivity index (χ4v) is 6.61. The molecule has 0 aromatic heterocycles. The van der Waals surface area contributed by atoms with Crippen LogP contribution in [-0.2, 0) is 9.47 Å². The van der Waals surface area contributed by atoms with E-state index in [0.29, 0.717) is 34.5 Å². The maximum atomic E-state index is 13.9. The number of ether oxygens (including phenoxy) is 4. The van der Waals surface area contributed by atoms with Crippen LogP contribution in [0.2, 0.25) is 0 Å². The number of hydrogen-bond donors (Lipinski definition) is 0. The lowest BCUT2D eigenvalue weighted by molar-refractivity contribution is -0.550. The second-order valence-corrected chi connectivity index (χ2v) is 13.7. The van der Waals surface area contributed by atoms with Crippen LogP contribution < -0.4 is 19.7 Å². The van der Waals surface area contributed by atoms with Crippen LogP contribution in [0.4, 0.5) is 0 Å². The first-order valence-corrected chi connectivity index (χ1v) is 17.8. The summed E-state index contributed by atoms with van der Waals surface area (Å²) in [4.78, 5) is 0. The molecular formula is C46H42O6-2. The van der Waals surface area contributed by atoms with Crippen molar-refractivity contribution in [2.75, 3.05) is 0 Å². The molecule has 4 aromatic carbocycles. The molecule has 7 rings (SSSR count). The molecule has 52 heavy (non-hydrogen) atoms. The first kappa shape index (κ1) is 34.9. The largest absolute Gasteiger partial charge is 0.851 e. The van der Waals surface area contributed by atoms with Crippen molar-refractivity contribution < 1.29 is 29.2 Å². The zero-order valence-corrected chi connectivity index (χ0v) is 29.8. The van der Waals surface area contributed by atoms with E-state index in [1.165, 1.54) is 0 Å². The normalized spacial score (nSPS) is 22.8. The highest BCUT2D eigenvalue weighted by molar-refractivity contribution is 5.81.